The molecule has 640 valence electrons. The first-order valence-corrected chi connectivity index (χ1v) is 33.7. The number of aromatic nitrogens is 18. The van der Waals surface area contributed by atoms with Crippen LogP contribution in [0, 0.1) is 69.7 Å². The van der Waals surface area contributed by atoms with Crippen LogP contribution in [0.2, 0.25) is 0 Å². The summed E-state index contributed by atoms with van der Waals surface area (Å²) in [6.45, 7) is -21.8. The molecule has 10 aromatic heterocycles. The molecule has 15 heterocycles. The van der Waals surface area contributed by atoms with Crippen molar-refractivity contribution in [1.29, 1.82) is 0 Å². The van der Waals surface area contributed by atoms with E-state index in [-0.39, 0.29) is 73.0 Å². The zero-order valence-corrected chi connectivity index (χ0v) is 60.5. The van der Waals surface area contributed by atoms with E-state index in [1.165, 1.54) is 18.5 Å². The van der Waals surface area contributed by atoms with Gasteiger partial charge in [-0.3, -0.25) is 47.6 Å². The van der Waals surface area contributed by atoms with Gasteiger partial charge in [-0.05, 0) is 6.07 Å². The maximum atomic E-state index is 15.5. The Kier molecular flexibility index (Phi) is 22.5. The van der Waals surface area contributed by atoms with Crippen molar-refractivity contribution in [3.8, 4) is 59.2 Å². The number of alkyl halides is 10. The first-order chi connectivity index (χ1) is 60.5. The van der Waals surface area contributed by atoms with Crippen molar-refractivity contribution < 1.29 is 137 Å². The molecule has 41 nitrogen and oxygen atoms in total. The Morgan fingerprint density at radius 1 is 0.450 bits per heavy atom. The number of ether oxygens (including phenoxy) is 5. The van der Waals surface area contributed by atoms with E-state index in [1.807, 2.05) is 47.4 Å². The average molecular weight is 1730 g/mol. The molecule has 5 unspecified atom stereocenters. The molecule has 0 saturated carbocycles. The lowest BCUT2D eigenvalue weighted by atomic mass is 9.96. The van der Waals surface area contributed by atoms with Crippen molar-refractivity contribution in [2.24, 2.45) is 0 Å². The Labute approximate surface area is 680 Å². The fourth-order valence-electron chi connectivity index (χ4n) is 12.6. The number of anilines is 5. The Morgan fingerprint density at radius 2 is 0.808 bits per heavy atom. The van der Waals surface area contributed by atoms with E-state index in [0.717, 1.165) is 37.3 Å². The van der Waals surface area contributed by atoms with Crippen molar-refractivity contribution >= 4 is 97.5 Å². The van der Waals surface area contributed by atoms with Crippen LogP contribution >= 0.6 is 12.2 Å². The molecule has 0 spiro atoms. The topological polar surface area (TPSA) is 634 Å². The number of hydrogen-bond acceptors (Lipinski definition) is 33. The number of nitrogens with zero attached hydrogens (tertiary/aromatic N) is 14. The second kappa shape index (κ2) is 35.9. The number of nitrogens with two attached hydrogens (primary N) is 5. The molecule has 20 atom stereocenters. The summed E-state index contributed by atoms with van der Waals surface area (Å²) in [7, 11) is 0. The Morgan fingerprint density at radius 3 is 1.25 bits per heavy atom. The van der Waals surface area contributed by atoms with Gasteiger partial charge in [0, 0.05) is 12.4 Å². The summed E-state index contributed by atoms with van der Waals surface area (Å²) in [6, 6.07) is 1.28. The molecule has 10 aromatic rings. The van der Waals surface area contributed by atoms with Crippen LogP contribution in [0.5, 0.6) is 0 Å². The van der Waals surface area contributed by atoms with Gasteiger partial charge < -0.3 is 113 Å². The van der Waals surface area contributed by atoms with Gasteiger partial charge in [-0.2, -0.15) is 19.9 Å². The van der Waals surface area contributed by atoms with Crippen LogP contribution < -0.4 is 45.3 Å². The van der Waals surface area contributed by atoms with Gasteiger partial charge in [0.1, 0.15) is 116 Å². The van der Waals surface area contributed by atoms with Crippen molar-refractivity contribution in [2.45, 2.75) is 121 Å². The van der Waals surface area contributed by atoms with Crippen LogP contribution in [0.15, 0.2) is 58.0 Å². The quantitative estimate of drug-likeness (QED) is 0.0360. The molecule has 0 radical (unpaired) electrons. The highest BCUT2D eigenvalue weighted by molar-refractivity contribution is 7.71. The maximum absolute atomic E-state index is 15.5. The van der Waals surface area contributed by atoms with Crippen LogP contribution in [0.1, 0.15) is 44.8 Å². The summed E-state index contributed by atoms with van der Waals surface area (Å²) < 4.78 is 257. The molecule has 5 fully saturated rings. The predicted octanol–water partition coefficient (Wildman–Crippen LogP) is -3.41. The van der Waals surface area contributed by atoms with Crippen LogP contribution in [0.3, 0.4) is 0 Å². The number of aliphatic hydroxyl groups is 10. The number of hydrogen-bond donors (Lipinski definition) is 19. The number of halogens is 11. The first-order valence-electron chi connectivity index (χ1n) is 38.3. The van der Waals surface area contributed by atoms with Gasteiger partial charge >= 0.3 is 0 Å². The van der Waals surface area contributed by atoms with E-state index < -0.39 is 226 Å². The van der Waals surface area contributed by atoms with Crippen LogP contribution in [0.4, 0.5) is 78.0 Å². The highest BCUT2D eigenvalue weighted by atomic mass is 32.1. The molecule has 15 rings (SSSR count). The van der Waals surface area contributed by atoms with Crippen molar-refractivity contribution in [2.75, 3.05) is 94.8 Å². The minimum absolute atomic E-state index is 0.0156. The van der Waals surface area contributed by atoms with Crippen molar-refractivity contribution in [1.82, 2.24) is 87.6 Å². The van der Waals surface area contributed by atoms with E-state index in [4.69, 9.17) is 78.3 Å². The number of aromatic amines is 4. The van der Waals surface area contributed by atoms with Crippen molar-refractivity contribution in [3.05, 3.63) is 85.2 Å². The summed E-state index contributed by atoms with van der Waals surface area (Å²) >= 11 is 5.01. The van der Waals surface area contributed by atoms with E-state index in [9.17, 15) is 91.8 Å². The highest BCUT2D eigenvalue weighted by Gasteiger charge is 2.62. The molecule has 120 heavy (non-hydrogen) atoms. The number of aliphatic hydroxyl groups excluding tert-OH is 5. The van der Waals surface area contributed by atoms with E-state index in [0.29, 0.717) is 10.8 Å². The molecule has 0 aliphatic carbocycles. The summed E-state index contributed by atoms with van der Waals surface area (Å²) in [5.74, 6) is 16.1. The second-order valence-electron chi connectivity index (χ2n) is 25.0. The molecule has 5 aliphatic rings. The summed E-state index contributed by atoms with van der Waals surface area (Å²) in [5, 5.41) is 97.8. The zero-order valence-electron chi connectivity index (χ0n) is 69.7. The van der Waals surface area contributed by atoms with E-state index >= 15 is 22.0 Å². The normalized spacial score (nSPS) is 31.4. The van der Waals surface area contributed by atoms with E-state index in [1.54, 1.807) is 11.8 Å². The average Bonchev–Trinajstić information content (AvgIpc) is 1.59. The summed E-state index contributed by atoms with van der Waals surface area (Å²) in [4.78, 5) is 79.2. The number of fused-ring (bicyclic) bond motifs is 5. The first kappa shape index (κ1) is 75.4. The number of imidazole rings is 3. The molecule has 5 saturated heterocycles. The van der Waals surface area contributed by atoms with Gasteiger partial charge in [-0.25, -0.2) is 73.2 Å². The Balaban J connectivity index is 0.000000157. The van der Waals surface area contributed by atoms with Gasteiger partial charge in [0.15, 0.2) is 75.7 Å². The molecule has 0 aromatic carbocycles. The van der Waals surface area contributed by atoms with Crippen LogP contribution in [-0.2, 0) is 23.7 Å². The maximum Gasteiger partial charge on any atom is 0.280 e. The smallest absolute Gasteiger partial charge is 0.280 e. The fourth-order valence-corrected chi connectivity index (χ4v) is 12.8. The van der Waals surface area contributed by atoms with Gasteiger partial charge in [0.05, 0.1) is 77.1 Å². The van der Waals surface area contributed by atoms with Gasteiger partial charge in [-0.15, -0.1) is 0 Å². The van der Waals surface area contributed by atoms with Crippen LogP contribution in [0.25, 0.3) is 55.6 Å². The molecule has 53 heteroatoms. The third-order valence-electron chi connectivity index (χ3n) is 17.9. The van der Waals surface area contributed by atoms with E-state index in [2.05, 4.69) is 64.8 Å². The van der Waals surface area contributed by atoms with Crippen molar-refractivity contribution in [3.63, 3.8) is 0 Å². The zero-order chi connectivity index (χ0) is 96.4. The lowest BCUT2D eigenvalue weighted by Gasteiger charge is -2.24. The monoisotopic (exact) mass is 1730 g/mol. The van der Waals surface area contributed by atoms with Crippen LogP contribution in [-0.4, -0.2) is 294 Å². The number of rotatable bonds is 10. The molecule has 5 aliphatic heterocycles. The molecule has 0 amide bonds. The predicted molar refractivity (Wildman–Crippen MR) is 392 cm³/mol. The lowest BCUT2D eigenvalue weighted by molar-refractivity contribution is -0.0504. The molecule has 0 bridgehead atoms. The van der Waals surface area contributed by atoms with Gasteiger partial charge in [0.25, 0.3) is 16.7 Å². The molecular weight excluding hydrogens is 1660 g/mol. The number of nitrogen functional groups attached to an aromatic ring is 5. The molecular formula is C67H66F11N23O18S. The standard InChI is InChI=1S/C14H13F3N4O4.C14H14F2N4O4.C13H13F2N5O4.C13H13F2N5O3S.C13H13F2N5O3/c15-3-1-2-14(17)9(23)7(5-22)25-12(14)21-4-6(16)8-10(21)19-13(18)20-11(8)24;15-4-1-3-14(16)9(22)8(6-21)24-12(14)20-5-2-7-10(20)18-13(17)19-11(7)23;14-3-1-2-13(15)8(22)6(4-21)24-11(13)20-5-17-7-9(20)18-12(16)19-10(7)23;14-3-1-2-13(15)8(22)6(4-21)23-11(13)20-5-17-7-9(20)18-12(16)19-10(7)24;14-3-1-2-13(15)9(22)8(5-21)23-11(13)20-6-18-7-4-17-12(16)19-10(7)20/h4,7,9,12,22-23H,3,5H2,(H3,18,19,20,24);2,5,8-9,12,21-22H,4,6H2,(H3,17,18,19,23);5-6,8,11,21-22H,3-4H2,(H3,16,18,19,23);5-6,8,11,21-22H,3-4H2,(H3,16,18,19,24);4,6,8-9,11,21-22H,3,5H2,(H2,16,17,19)/t7-,9+,12-,14?;8-,9+,12-,14?;2*6-,8+,11-,13?;8-,9+,11-,13?/m11111/s1/i5D2;6D2;2*4D2;5D2. The largest absolute Gasteiger partial charge is 0.394 e. The second-order valence-corrected chi connectivity index (χ2v) is 25.4. The van der Waals surface area contributed by atoms with Gasteiger partial charge in [-0.1, -0.05) is 71.4 Å². The number of nitrogens with one attached hydrogen (secondary N) is 4. The summed E-state index contributed by atoms with van der Waals surface area (Å²) in [6.07, 6.45) is -24.6. The number of H-pyrrole nitrogens is 4. The third kappa shape index (κ3) is 16.3. The Hall–Kier alpha value is -12.1. The third-order valence-corrected chi connectivity index (χ3v) is 18.2. The fraction of sp³-hybridized carbons (Fsp3) is 0.448. The molecule has 24 N–H and O–H groups in total. The highest BCUT2D eigenvalue weighted by Crippen LogP contribution is 2.48. The summed E-state index contributed by atoms with van der Waals surface area (Å²) in [5.41, 5.74) is 9.48. The minimum atomic E-state index is -3.21. The van der Waals surface area contributed by atoms with Gasteiger partial charge in [0.2, 0.25) is 52.1 Å². The SMILES string of the molecule is [2H]C([2H])(O)[C@H]1O[C@@H](n2cc(F)c3c(=O)[nH]c(N)nc32)C(F)(C#CCF)[C@H]1O.[2H]C([2H])(O)[C@H]1O[C@@H](n2ccc3c(=O)[nH]c(N)nc32)C(F)(C#CCF)[C@H]1O.[2H]C([2H])(O)[C@H]1O[C@@H](n2cnc3c(=O)[nH]c(N)nc32)C(F)(C#CCF)[C@H]1O.[2H]C([2H])(O)[C@H]1O[C@@H](n2cnc3c(=S)nc(N)[nH]c32)C(F)(C#CCF)[C@H]1O.[2H]C([2H])(O)[C@H]1O[C@@H](n2cnc3cnc(N)nc32)C(F)(C#CCF)[C@H]1O. The minimum Gasteiger partial charge on any atom is -0.394 e. The lowest BCUT2D eigenvalue weighted by Crippen LogP contribution is -2.42. The Bertz CT molecular complexity index is 6200.